The Hall–Kier alpha value is -2.48. The summed E-state index contributed by atoms with van der Waals surface area (Å²) in [5, 5.41) is 8.97. The zero-order chi connectivity index (χ0) is 26.8. The molecule has 0 aromatic heterocycles. The third-order valence-electron chi connectivity index (χ3n) is 6.02. The number of hydrogen-bond donors (Lipinski definition) is 1. The van der Waals surface area contributed by atoms with Crippen molar-refractivity contribution in [1.29, 1.82) is 0 Å². The fraction of sp³-hybridized carbons (Fsp3) is 0.714. The number of ether oxygens (including phenoxy) is 3. The van der Waals surface area contributed by atoms with E-state index in [2.05, 4.69) is 0 Å². The van der Waals surface area contributed by atoms with Crippen LogP contribution in [0.5, 0.6) is 5.75 Å². The molecule has 3 rings (SSSR count). The van der Waals surface area contributed by atoms with Gasteiger partial charge in [-0.05, 0) is 91.2 Å². The number of likely N-dealkylation sites (tertiary alicyclic amines) is 2. The van der Waals surface area contributed by atoms with Crippen molar-refractivity contribution < 1.29 is 28.9 Å². The van der Waals surface area contributed by atoms with Crippen LogP contribution in [0.1, 0.15) is 67.2 Å². The van der Waals surface area contributed by atoms with E-state index >= 15 is 0 Å². The minimum absolute atomic E-state index is 0.204. The summed E-state index contributed by atoms with van der Waals surface area (Å²) in [4.78, 5) is 27.1. The van der Waals surface area contributed by atoms with Crippen LogP contribution < -0.4 is 4.74 Å². The molecule has 2 fully saturated rings. The second-order valence-corrected chi connectivity index (χ2v) is 11.6. The summed E-state index contributed by atoms with van der Waals surface area (Å²) in [7, 11) is 0. The summed E-state index contributed by atoms with van der Waals surface area (Å²) >= 11 is 0. The van der Waals surface area contributed by atoms with E-state index in [-0.39, 0.29) is 18.8 Å². The predicted octanol–water partition coefficient (Wildman–Crippen LogP) is 5.34. The zero-order valence-electron chi connectivity index (χ0n) is 23.0. The van der Waals surface area contributed by atoms with Crippen molar-refractivity contribution in [2.75, 3.05) is 39.4 Å². The van der Waals surface area contributed by atoms with Crippen LogP contribution in [0.25, 0.3) is 0 Å². The number of benzene rings is 1. The maximum Gasteiger partial charge on any atom is 0.410 e. The molecule has 2 aliphatic heterocycles. The molecule has 0 radical (unpaired) electrons. The molecule has 2 heterocycles. The van der Waals surface area contributed by atoms with Gasteiger partial charge in [-0.25, -0.2) is 9.59 Å². The van der Waals surface area contributed by atoms with Crippen LogP contribution in [0.4, 0.5) is 9.59 Å². The average Bonchev–Trinajstić information content (AvgIpc) is 2.82. The Morgan fingerprint density at radius 2 is 1.19 bits per heavy atom. The number of nitrogens with zero attached hydrogens (tertiary/aromatic N) is 2. The molecule has 0 saturated carbocycles. The maximum absolute atomic E-state index is 12.0. The summed E-state index contributed by atoms with van der Waals surface area (Å²) in [6.07, 6.45) is 3.23. The van der Waals surface area contributed by atoms with Gasteiger partial charge in [-0.3, -0.25) is 0 Å². The topological polar surface area (TPSA) is 88.5 Å². The highest BCUT2D eigenvalue weighted by Crippen LogP contribution is 2.21. The van der Waals surface area contributed by atoms with Crippen molar-refractivity contribution in [3.8, 4) is 5.75 Å². The Morgan fingerprint density at radius 3 is 1.58 bits per heavy atom. The number of amides is 2. The molecule has 2 saturated heterocycles. The van der Waals surface area contributed by atoms with Crippen LogP contribution in [0, 0.1) is 11.8 Å². The monoisotopic (exact) mass is 506 g/mol. The van der Waals surface area contributed by atoms with Crippen molar-refractivity contribution in [3.05, 3.63) is 30.3 Å². The predicted molar refractivity (Wildman–Crippen MR) is 140 cm³/mol. The lowest BCUT2D eigenvalue weighted by Gasteiger charge is -2.33. The van der Waals surface area contributed by atoms with Gasteiger partial charge in [-0.2, -0.15) is 0 Å². The van der Waals surface area contributed by atoms with Crippen LogP contribution in [-0.4, -0.2) is 77.7 Å². The minimum atomic E-state index is -0.426. The smallest absolute Gasteiger partial charge is 0.410 e. The molecule has 8 nitrogen and oxygen atoms in total. The van der Waals surface area contributed by atoms with Crippen LogP contribution >= 0.6 is 0 Å². The van der Waals surface area contributed by atoms with Crippen molar-refractivity contribution >= 4 is 12.2 Å². The lowest BCUT2D eigenvalue weighted by molar-refractivity contribution is 0.0152. The summed E-state index contributed by atoms with van der Waals surface area (Å²) in [5.74, 6) is 1.76. The van der Waals surface area contributed by atoms with Gasteiger partial charge in [0, 0.05) is 32.8 Å². The number of rotatable bonds is 4. The lowest BCUT2D eigenvalue weighted by atomic mass is 9.98. The van der Waals surface area contributed by atoms with Gasteiger partial charge in [0.2, 0.25) is 0 Å². The highest BCUT2D eigenvalue weighted by atomic mass is 16.6. The number of hydrogen-bond acceptors (Lipinski definition) is 6. The van der Waals surface area contributed by atoms with Crippen molar-refractivity contribution in [1.82, 2.24) is 9.80 Å². The quantitative estimate of drug-likeness (QED) is 0.593. The van der Waals surface area contributed by atoms with E-state index in [4.69, 9.17) is 19.3 Å². The van der Waals surface area contributed by atoms with E-state index in [1.54, 1.807) is 9.80 Å². The normalized spacial score (nSPS) is 17.6. The largest absolute Gasteiger partial charge is 0.493 e. The molecule has 2 aliphatic rings. The van der Waals surface area contributed by atoms with E-state index in [9.17, 15) is 9.59 Å². The Balaban J connectivity index is 0.000000269. The molecule has 1 aromatic carbocycles. The molecular weight excluding hydrogens is 460 g/mol. The van der Waals surface area contributed by atoms with E-state index in [1.807, 2.05) is 71.9 Å². The molecule has 1 N–H and O–H groups in total. The highest BCUT2D eigenvalue weighted by molar-refractivity contribution is 5.68. The number of para-hydroxylation sites is 1. The third kappa shape index (κ3) is 11.5. The molecule has 8 heteroatoms. The fourth-order valence-corrected chi connectivity index (χ4v) is 3.96. The summed E-state index contributed by atoms with van der Waals surface area (Å²) < 4.78 is 16.5. The molecule has 0 atom stereocenters. The maximum atomic E-state index is 12.0. The average molecular weight is 507 g/mol. The van der Waals surface area contributed by atoms with Gasteiger partial charge >= 0.3 is 12.2 Å². The molecule has 36 heavy (non-hydrogen) atoms. The Morgan fingerprint density at radius 1 is 0.778 bits per heavy atom. The molecule has 204 valence electrons. The Kier molecular flexibility index (Phi) is 11.3. The molecule has 0 spiro atoms. The SMILES string of the molecule is CC(C)(C)OC(=O)N1CCC(CO)CC1.CC(C)(C)OC(=O)N1CCC(COc2ccccc2)CC1. The van der Waals surface area contributed by atoms with Crippen molar-refractivity contribution in [2.24, 2.45) is 11.8 Å². The minimum Gasteiger partial charge on any atom is -0.493 e. The molecule has 2 amide bonds. The fourth-order valence-electron chi connectivity index (χ4n) is 3.96. The van der Waals surface area contributed by atoms with Gasteiger partial charge in [-0.15, -0.1) is 0 Å². The van der Waals surface area contributed by atoms with Crippen LogP contribution in [-0.2, 0) is 9.47 Å². The van der Waals surface area contributed by atoms with Crippen molar-refractivity contribution in [3.63, 3.8) is 0 Å². The first-order valence-corrected chi connectivity index (χ1v) is 13.1. The second-order valence-electron chi connectivity index (χ2n) is 11.6. The van der Waals surface area contributed by atoms with Crippen LogP contribution in [0.15, 0.2) is 30.3 Å². The number of carbonyl (C=O) groups excluding carboxylic acids is 2. The van der Waals surface area contributed by atoms with Gasteiger partial charge < -0.3 is 29.1 Å². The summed E-state index contributed by atoms with van der Waals surface area (Å²) in [6.45, 7) is 15.1. The Labute approximate surface area is 216 Å². The highest BCUT2D eigenvalue weighted by Gasteiger charge is 2.28. The second kappa shape index (κ2) is 13.7. The molecule has 0 bridgehead atoms. The Bertz CT molecular complexity index is 786. The van der Waals surface area contributed by atoms with E-state index in [1.165, 1.54) is 0 Å². The van der Waals surface area contributed by atoms with Crippen LogP contribution in [0.3, 0.4) is 0 Å². The summed E-state index contributed by atoms with van der Waals surface area (Å²) in [5.41, 5.74) is -0.852. The van der Waals surface area contributed by atoms with Gasteiger partial charge in [0.15, 0.2) is 0 Å². The van der Waals surface area contributed by atoms with Gasteiger partial charge in [0.25, 0.3) is 0 Å². The number of aliphatic hydroxyl groups is 1. The van der Waals surface area contributed by atoms with Crippen molar-refractivity contribution in [2.45, 2.75) is 78.4 Å². The van der Waals surface area contributed by atoms with Gasteiger partial charge in [0.1, 0.15) is 17.0 Å². The molecular formula is C28H46N2O6. The first kappa shape index (κ1) is 29.7. The first-order valence-electron chi connectivity index (χ1n) is 13.1. The number of aliphatic hydroxyl groups excluding tert-OH is 1. The number of piperidine rings is 2. The van der Waals surface area contributed by atoms with Crippen LogP contribution in [0.2, 0.25) is 0 Å². The molecule has 0 aliphatic carbocycles. The van der Waals surface area contributed by atoms with E-state index < -0.39 is 11.2 Å². The lowest BCUT2D eigenvalue weighted by Crippen LogP contribution is -2.42. The van der Waals surface area contributed by atoms with E-state index in [0.717, 1.165) is 44.5 Å². The zero-order valence-corrected chi connectivity index (χ0v) is 23.0. The first-order chi connectivity index (χ1) is 16.9. The third-order valence-corrected chi connectivity index (χ3v) is 6.02. The van der Waals surface area contributed by atoms with Gasteiger partial charge in [-0.1, -0.05) is 18.2 Å². The van der Waals surface area contributed by atoms with E-state index in [0.29, 0.717) is 31.5 Å². The summed E-state index contributed by atoms with van der Waals surface area (Å²) in [6, 6.07) is 9.86. The molecule has 1 aromatic rings. The molecule has 0 unspecified atom stereocenters. The number of carbonyl (C=O) groups is 2. The van der Waals surface area contributed by atoms with Gasteiger partial charge in [0.05, 0.1) is 6.61 Å². The standard InChI is InChI=1S/C17H25NO3.C11H21NO3/c1-17(2,3)21-16(19)18-11-9-14(10-12-18)13-20-15-7-5-4-6-8-15;1-11(2,3)15-10(14)12-6-4-9(8-13)5-7-12/h4-8,14H,9-13H2,1-3H3;9,13H,4-8H2,1-3H3.